The predicted octanol–water partition coefficient (Wildman–Crippen LogP) is 0.637. The molecule has 0 aromatic carbocycles. The summed E-state index contributed by atoms with van der Waals surface area (Å²) in [5, 5.41) is 3.34. The van der Waals surface area contributed by atoms with Gasteiger partial charge in [-0.05, 0) is 25.8 Å². The first kappa shape index (κ1) is 13.1. The number of aromatic amines is 2. The number of aryl methyl sites for hydroxylation is 1. The van der Waals surface area contributed by atoms with E-state index in [4.69, 9.17) is 0 Å². The largest absolute Gasteiger partial charge is 0.335 e. The van der Waals surface area contributed by atoms with Crippen LogP contribution in [0.2, 0.25) is 0 Å². The Morgan fingerprint density at radius 2 is 2.20 bits per heavy atom. The highest BCUT2D eigenvalue weighted by Crippen LogP contribution is 2.21. The first-order valence-electron chi connectivity index (χ1n) is 7.17. The van der Waals surface area contributed by atoms with Crippen LogP contribution in [0.15, 0.2) is 9.59 Å². The van der Waals surface area contributed by atoms with Crippen molar-refractivity contribution in [2.45, 2.75) is 45.2 Å². The maximum Gasteiger partial charge on any atom is 0.330 e. The number of H-pyrrole nitrogens is 2. The number of nitrogens with one attached hydrogen (secondary N) is 3. The van der Waals surface area contributed by atoms with Crippen LogP contribution in [0.3, 0.4) is 0 Å². The van der Waals surface area contributed by atoms with E-state index < -0.39 is 5.56 Å². The maximum atomic E-state index is 11.9. The first-order chi connectivity index (χ1) is 9.70. The van der Waals surface area contributed by atoms with Gasteiger partial charge in [0.15, 0.2) is 5.65 Å². The third-order valence-corrected chi connectivity index (χ3v) is 3.78. The zero-order valence-corrected chi connectivity index (χ0v) is 11.5. The van der Waals surface area contributed by atoms with Crippen LogP contribution in [-0.4, -0.2) is 26.1 Å². The van der Waals surface area contributed by atoms with Gasteiger partial charge in [0.05, 0.1) is 6.04 Å². The van der Waals surface area contributed by atoms with E-state index in [9.17, 15) is 9.59 Å². The lowest BCUT2D eigenvalue weighted by atomic mass is 10.2. The summed E-state index contributed by atoms with van der Waals surface area (Å²) in [4.78, 5) is 33.7. The van der Waals surface area contributed by atoms with E-state index in [1.165, 1.54) is 0 Å². The van der Waals surface area contributed by atoms with Crippen LogP contribution in [0.5, 0.6) is 0 Å². The highest BCUT2D eigenvalue weighted by atomic mass is 16.2. The highest BCUT2D eigenvalue weighted by Gasteiger charge is 2.21. The molecule has 0 spiro atoms. The van der Waals surface area contributed by atoms with Gasteiger partial charge in [-0.3, -0.25) is 14.3 Å². The summed E-state index contributed by atoms with van der Waals surface area (Å²) >= 11 is 0. The second-order valence-electron chi connectivity index (χ2n) is 5.23. The minimum Gasteiger partial charge on any atom is -0.335 e. The molecule has 2 aromatic heterocycles. The molecule has 3 heterocycles. The van der Waals surface area contributed by atoms with Gasteiger partial charge in [0.1, 0.15) is 11.3 Å². The number of hydrogen-bond acceptors (Lipinski definition) is 4. The molecule has 20 heavy (non-hydrogen) atoms. The van der Waals surface area contributed by atoms with E-state index >= 15 is 0 Å². The van der Waals surface area contributed by atoms with Crippen LogP contribution in [0.25, 0.3) is 11.2 Å². The van der Waals surface area contributed by atoms with Gasteiger partial charge in [0.2, 0.25) is 0 Å². The molecule has 0 aliphatic carbocycles. The van der Waals surface area contributed by atoms with Gasteiger partial charge >= 0.3 is 5.69 Å². The molecule has 1 unspecified atom stereocenters. The average molecular weight is 277 g/mol. The van der Waals surface area contributed by atoms with Crippen LogP contribution in [0.4, 0.5) is 0 Å². The van der Waals surface area contributed by atoms with Gasteiger partial charge in [-0.15, -0.1) is 0 Å². The molecule has 2 aromatic rings. The Hall–Kier alpha value is -1.89. The first-order valence-corrected chi connectivity index (χ1v) is 7.17. The fourth-order valence-corrected chi connectivity index (χ4v) is 2.67. The van der Waals surface area contributed by atoms with E-state index in [1.54, 1.807) is 4.57 Å². The number of imidazole rings is 1. The summed E-state index contributed by atoms with van der Waals surface area (Å²) in [5.74, 6) is 0.749. The van der Waals surface area contributed by atoms with Crippen molar-refractivity contribution in [2.75, 3.05) is 6.54 Å². The van der Waals surface area contributed by atoms with Crippen molar-refractivity contribution < 1.29 is 0 Å². The van der Waals surface area contributed by atoms with Crippen molar-refractivity contribution in [1.29, 1.82) is 0 Å². The SMILES string of the molecule is CCCCn1c(=O)[nH]c(=O)c2[nH]c(C3CCCN3)nc21. The summed E-state index contributed by atoms with van der Waals surface area (Å²) in [6.07, 6.45) is 3.96. The van der Waals surface area contributed by atoms with Gasteiger partial charge in [-0.1, -0.05) is 13.3 Å². The third-order valence-electron chi connectivity index (χ3n) is 3.78. The minimum atomic E-state index is -0.394. The Morgan fingerprint density at radius 1 is 1.35 bits per heavy atom. The summed E-state index contributed by atoms with van der Waals surface area (Å²) in [6, 6.07) is 0.150. The van der Waals surface area contributed by atoms with Crippen molar-refractivity contribution >= 4 is 11.2 Å². The molecule has 7 nitrogen and oxygen atoms in total. The molecule has 108 valence electrons. The number of rotatable bonds is 4. The molecule has 0 saturated carbocycles. The van der Waals surface area contributed by atoms with Gasteiger partial charge in [-0.25, -0.2) is 9.78 Å². The summed E-state index contributed by atoms with van der Waals surface area (Å²) in [5.41, 5.74) is 0.0863. The molecule has 0 bridgehead atoms. The van der Waals surface area contributed by atoms with Crippen LogP contribution >= 0.6 is 0 Å². The zero-order chi connectivity index (χ0) is 14.1. The Balaban J connectivity index is 2.12. The lowest BCUT2D eigenvalue weighted by molar-refractivity contribution is 0.602. The molecule has 3 N–H and O–H groups in total. The summed E-state index contributed by atoms with van der Waals surface area (Å²) in [6.45, 7) is 3.60. The zero-order valence-electron chi connectivity index (χ0n) is 11.5. The molecule has 1 aliphatic heterocycles. The van der Waals surface area contributed by atoms with Crippen LogP contribution in [-0.2, 0) is 6.54 Å². The molecule has 1 fully saturated rings. The summed E-state index contributed by atoms with van der Waals surface area (Å²) < 4.78 is 1.55. The van der Waals surface area contributed by atoms with Crippen LogP contribution < -0.4 is 16.6 Å². The van der Waals surface area contributed by atoms with Gasteiger partial charge in [0.25, 0.3) is 5.56 Å². The average Bonchev–Trinajstić information content (AvgIpc) is 3.07. The molecule has 0 amide bonds. The molecule has 3 rings (SSSR count). The topological polar surface area (TPSA) is 95.6 Å². The molecular formula is C13H19N5O2. The standard InChI is InChI=1S/C13H19N5O2/c1-2-3-7-18-11-9(12(19)17-13(18)20)15-10(16-11)8-5-4-6-14-8/h8,14H,2-7H2,1H3,(H,15,16)(H,17,19,20). The highest BCUT2D eigenvalue weighted by molar-refractivity contribution is 5.69. The number of fused-ring (bicyclic) bond motifs is 1. The van der Waals surface area contributed by atoms with Crippen molar-refractivity contribution in [2.24, 2.45) is 0 Å². The minimum absolute atomic E-state index is 0.150. The van der Waals surface area contributed by atoms with Crippen LogP contribution in [0, 0.1) is 0 Å². The molecule has 1 saturated heterocycles. The Bertz CT molecular complexity index is 720. The van der Waals surface area contributed by atoms with E-state index in [1.807, 2.05) is 0 Å². The van der Waals surface area contributed by atoms with Gasteiger partial charge < -0.3 is 10.3 Å². The Labute approximate surface area is 115 Å². The lowest BCUT2D eigenvalue weighted by Crippen LogP contribution is -2.30. The Morgan fingerprint density at radius 3 is 2.90 bits per heavy atom. The number of aromatic nitrogens is 4. The molecule has 1 aliphatic rings. The van der Waals surface area contributed by atoms with Gasteiger partial charge in [0, 0.05) is 6.54 Å². The van der Waals surface area contributed by atoms with Crippen molar-refractivity contribution in [3.8, 4) is 0 Å². The quantitative estimate of drug-likeness (QED) is 0.764. The van der Waals surface area contributed by atoms with E-state index in [0.29, 0.717) is 17.7 Å². The number of nitrogens with zero attached hydrogens (tertiary/aromatic N) is 2. The predicted molar refractivity (Wildman–Crippen MR) is 75.9 cm³/mol. The molecule has 7 heteroatoms. The third kappa shape index (κ3) is 2.18. The lowest BCUT2D eigenvalue weighted by Gasteiger charge is -2.05. The van der Waals surface area contributed by atoms with E-state index in [-0.39, 0.29) is 11.7 Å². The van der Waals surface area contributed by atoms with Crippen molar-refractivity contribution in [3.63, 3.8) is 0 Å². The second kappa shape index (κ2) is 5.24. The number of hydrogen-bond donors (Lipinski definition) is 3. The maximum absolute atomic E-state index is 11.9. The molecule has 1 atom stereocenters. The van der Waals surface area contributed by atoms with Crippen molar-refractivity contribution in [1.82, 2.24) is 24.8 Å². The molecular weight excluding hydrogens is 258 g/mol. The van der Waals surface area contributed by atoms with E-state index in [0.717, 1.165) is 38.1 Å². The Kier molecular flexibility index (Phi) is 3.43. The molecule has 0 radical (unpaired) electrons. The van der Waals surface area contributed by atoms with Gasteiger partial charge in [-0.2, -0.15) is 0 Å². The fourth-order valence-electron chi connectivity index (χ4n) is 2.67. The van der Waals surface area contributed by atoms with E-state index in [2.05, 4.69) is 27.2 Å². The van der Waals surface area contributed by atoms with Crippen molar-refractivity contribution in [3.05, 3.63) is 26.7 Å². The second-order valence-corrected chi connectivity index (χ2v) is 5.23. The monoisotopic (exact) mass is 277 g/mol. The van der Waals surface area contributed by atoms with Crippen LogP contribution in [0.1, 0.15) is 44.5 Å². The smallest absolute Gasteiger partial charge is 0.330 e. The number of unbranched alkanes of at least 4 members (excludes halogenated alkanes) is 1. The normalized spacial score (nSPS) is 18.9. The fraction of sp³-hybridized carbons (Fsp3) is 0.615. The summed E-state index contributed by atoms with van der Waals surface area (Å²) in [7, 11) is 0.